The number of rotatable bonds is 6. The standard InChI is InChI=1S/C18H18N2O4/c1-19-12-20(17-5-3-2-4-16(17)19)10-14(21)11-24-15-8-6-13(7-9-15)18(22)23/h2-9,12,14H,10-11H2,1H3,(H,22,23). The van der Waals surface area contributed by atoms with Gasteiger partial charge in [-0.3, -0.25) is 0 Å². The van der Waals surface area contributed by atoms with Gasteiger partial charge in [-0.25, -0.2) is 13.9 Å². The normalized spacial score (nSPS) is 12.2. The summed E-state index contributed by atoms with van der Waals surface area (Å²) in [6.07, 6.45) is 0.969. The van der Waals surface area contributed by atoms with E-state index in [1.807, 2.05) is 46.8 Å². The maximum absolute atomic E-state index is 12.2. The number of aryl methyl sites for hydroxylation is 1. The van der Waals surface area contributed by atoms with E-state index < -0.39 is 12.1 Å². The van der Waals surface area contributed by atoms with Gasteiger partial charge in [0.2, 0.25) is 6.33 Å². The molecular weight excluding hydrogens is 308 g/mol. The van der Waals surface area contributed by atoms with Gasteiger partial charge in [-0.15, -0.1) is 0 Å². The molecule has 24 heavy (non-hydrogen) atoms. The number of imidazole rings is 1. The molecule has 1 unspecified atom stereocenters. The number of fused-ring (bicyclic) bond motifs is 1. The number of nitrogens with zero attached hydrogens (tertiary/aromatic N) is 2. The van der Waals surface area contributed by atoms with E-state index in [1.165, 1.54) is 12.1 Å². The minimum atomic E-state index is -0.990. The number of carboxylic acids is 1. The molecule has 1 atom stereocenters. The lowest BCUT2D eigenvalue weighted by Crippen LogP contribution is -2.36. The summed E-state index contributed by atoms with van der Waals surface area (Å²) in [5.41, 5.74) is 2.26. The summed E-state index contributed by atoms with van der Waals surface area (Å²) in [5, 5.41) is 21.1. The molecule has 0 spiro atoms. The monoisotopic (exact) mass is 326 g/mol. The smallest absolute Gasteiger partial charge is 0.335 e. The van der Waals surface area contributed by atoms with Crippen molar-refractivity contribution in [1.82, 2.24) is 4.57 Å². The Morgan fingerprint density at radius 3 is 2.67 bits per heavy atom. The first-order valence-electron chi connectivity index (χ1n) is 7.60. The first kappa shape index (κ1) is 16.0. The number of para-hydroxylation sites is 2. The zero-order valence-electron chi connectivity index (χ0n) is 13.3. The van der Waals surface area contributed by atoms with Crippen molar-refractivity contribution in [2.75, 3.05) is 6.61 Å². The molecular formula is C18H18N2O4. The second-order valence-electron chi connectivity index (χ2n) is 5.63. The molecule has 6 nitrogen and oxygen atoms in total. The molecule has 0 saturated heterocycles. The highest BCUT2D eigenvalue weighted by Gasteiger charge is 2.13. The lowest BCUT2D eigenvalue weighted by atomic mass is 10.2. The Bertz CT molecular complexity index is 855. The molecule has 6 heteroatoms. The maximum atomic E-state index is 12.2. The van der Waals surface area contributed by atoms with Crippen molar-refractivity contribution < 1.29 is 24.3 Å². The van der Waals surface area contributed by atoms with Crippen LogP contribution in [0.4, 0.5) is 0 Å². The number of aromatic nitrogens is 2. The highest BCUT2D eigenvalue weighted by molar-refractivity contribution is 5.87. The van der Waals surface area contributed by atoms with Crippen LogP contribution in [0.1, 0.15) is 10.4 Å². The van der Waals surface area contributed by atoms with Crippen LogP contribution in [0.3, 0.4) is 0 Å². The third-order valence-corrected chi connectivity index (χ3v) is 3.82. The van der Waals surface area contributed by atoms with Crippen molar-refractivity contribution in [3.63, 3.8) is 0 Å². The van der Waals surface area contributed by atoms with Gasteiger partial charge >= 0.3 is 5.97 Å². The highest BCUT2D eigenvalue weighted by Crippen LogP contribution is 2.13. The molecule has 2 aromatic carbocycles. The highest BCUT2D eigenvalue weighted by atomic mass is 16.5. The van der Waals surface area contributed by atoms with Crippen LogP contribution < -0.4 is 14.4 Å². The van der Waals surface area contributed by atoms with Crippen LogP contribution in [0.25, 0.3) is 11.0 Å². The van der Waals surface area contributed by atoms with Gasteiger partial charge in [0.1, 0.15) is 5.75 Å². The van der Waals surface area contributed by atoms with Crippen molar-refractivity contribution in [3.05, 3.63) is 60.4 Å². The predicted octanol–water partition coefficient (Wildman–Crippen LogP) is 0.972. The van der Waals surface area contributed by atoms with Gasteiger partial charge in [-0.1, -0.05) is 18.2 Å². The van der Waals surface area contributed by atoms with Gasteiger partial charge in [0.05, 0.1) is 25.8 Å². The average Bonchev–Trinajstić information content (AvgIpc) is 2.90. The zero-order chi connectivity index (χ0) is 17.1. The van der Waals surface area contributed by atoms with Gasteiger partial charge in [-0.05, 0) is 36.4 Å². The molecule has 1 aromatic heterocycles. The molecule has 0 fully saturated rings. The van der Waals surface area contributed by atoms with Crippen LogP contribution in [-0.4, -0.2) is 28.4 Å². The summed E-state index contributed by atoms with van der Waals surface area (Å²) in [7, 11) is 1.94. The summed E-state index contributed by atoms with van der Waals surface area (Å²) in [6, 6.07) is 13.9. The Hall–Kier alpha value is -2.86. The van der Waals surface area contributed by atoms with Crippen molar-refractivity contribution >= 4 is 17.0 Å². The SMILES string of the molecule is C[n+]1cn(CC([O-])COc2ccc(C(=O)O)cc2)c2ccccc21. The molecule has 0 bridgehead atoms. The van der Waals surface area contributed by atoms with Gasteiger partial charge < -0.3 is 14.9 Å². The number of hydrogen-bond acceptors (Lipinski definition) is 3. The summed E-state index contributed by atoms with van der Waals surface area (Å²) in [4.78, 5) is 10.8. The Balaban J connectivity index is 1.63. The molecule has 0 aliphatic carbocycles. The molecule has 3 rings (SSSR count). The molecule has 0 amide bonds. The minimum Gasteiger partial charge on any atom is -0.847 e. The van der Waals surface area contributed by atoms with E-state index in [9.17, 15) is 9.90 Å². The second kappa shape index (κ2) is 6.72. The van der Waals surface area contributed by atoms with Crippen LogP contribution in [-0.2, 0) is 13.6 Å². The number of carboxylic acid groups (broad SMARTS) is 1. The van der Waals surface area contributed by atoms with E-state index in [0.717, 1.165) is 11.0 Å². The summed E-state index contributed by atoms with van der Waals surface area (Å²) in [5.74, 6) is -0.501. The number of carbonyl (C=O) groups is 1. The first-order valence-corrected chi connectivity index (χ1v) is 7.60. The molecule has 3 aromatic rings. The third kappa shape index (κ3) is 3.38. The largest absolute Gasteiger partial charge is 0.847 e. The fourth-order valence-corrected chi connectivity index (χ4v) is 2.64. The lowest BCUT2D eigenvalue weighted by molar-refractivity contribution is -0.646. The first-order chi connectivity index (χ1) is 11.5. The number of aromatic carboxylic acids is 1. The fraction of sp³-hybridized carbons (Fsp3) is 0.222. The summed E-state index contributed by atoms with van der Waals surface area (Å²) >= 11 is 0. The number of hydrogen-bond donors (Lipinski definition) is 1. The maximum Gasteiger partial charge on any atom is 0.335 e. The minimum absolute atomic E-state index is 0.0165. The zero-order valence-corrected chi connectivity index (χ0v) is 13.3. The molecule has 1 heterocycles. The van der Waals surface area contributed by atoms with Crippen molar-refractivity contribution in [1.29, 1.82) is 0 Å². The van der Waals surface area contributed by atoms with Crippen LogP contribution in [0, 0.1) is 0 Å². The van der Waals surface area contributed by atoms with Gasteiger partial charge in [0.15, 0.2) is 11.0 Å². The van der Waals surface area contributed by atoms with Gasteiger partial charge in [-0.2, -0.15) is 0 Å². The van der Waals surface area contributed by atoms with Crippen molar-refractivity contribution in [2.24, 2.45) is 7.05 Å². The van der Waals surface area contributed by atoms with Crippen molar-refractivity contribution in [3.8, 4) is 5.75 Å². The van der Waals surface area contributed by atoms with E-state index in [-0.39, 0.29) is 12.2 Å². The number of ether oxygens (including phenoxy) is 1. The molecule has 124 valence electrons. The van der Waals surface area contributed by atoms with E-state index in [4.69, 9.17) is 9.84 Å². The molecule has 0 saturated carbocycles. The molecule has 0 aliphatic heterocycles. The topological polar surface area (TPSA) is 78.4 Å². The second-order valence-corrected chi connectivity index (χ2v) is 5.63. The Labute approximate surface area is 139 Å². The lowest BCUT2D eigenvalue weighted by Gasteiger charge is -2.20. The van der Waals surface area contributed by atoms with E-state index in [1.54, 1.807) is 12.1 Å². The Morgan fingerprint density at radius 1 is 1.25 bits per heavy atom. The van der Waals surface area contributed by atoms with E-state index in [0.29, 0.717) is 12.3 Å². The van der Waals surface area contributed by atoms with E-state index in [2.05, 4.69) is 0 Å². The third-order valence-electron chi connectivity index (χ3n) is 3.82. The number of benzene rings is 2. The van der Waals surface area contributed by atoms with Gasteiger partial charge in [0, 0.05) is 0 Å². The molecule has 0 aliphatic rings. The fourth-order valence-electron chi connectivity index (χ4n) is 2.64. The van der Waals surface area contributed by atoms with Crippen LogP contribution in [0.2, 0.25) is 0 Å². The molecule has 1 N–H and O–H groups in total. The Morgan fingerprint density at radius 2 is 1.96 bits per heavy atom. The molecule has 0 radical (unpaired) electrons. The van der Waals surface area contributed by atoms with Gasteiger partial charge in [0.25, 0.3) is 0 Å². The van der Waals surface area contributed by atoms with Crippen LogP contribution in [0.5, 0.6) is 5.75 Å². The predicted molar refractivity (Wildman–Crippen MR) is 85.8 cm³/mol. The average molecular weight is 326 g/mol. The summed E-state index contributed by atoms with van der Waals surface area (Å²) < 4.78 is 9.37. The summed E-state index contributed by atoms with van der Waals surface area (Å²) in [6.45, 7) is 0.317. The Kier molecular flexibility index (Phi) is 4.48. The van der Waals surface area contributed by atoms with E-state index >= 15 is 0 Å². The van der Waals surface area contributed by atoms with Crippen LogP contribution >= 0.6 is 0 Å². The van der Waals surface area contributed by atoms with Crippen molar-refractivity contribution in [2.45, 2.75) is 12.6 Å². The quantitative estimate of drug-likeness (QED) is 0.685. The van der Waals surface area contributed by atoms with Crippen LogP contribution in [0.15, 0.2) is 54.9 Å².